The highest BCUT2D eigenvalue weighted by Crippen LogP contribution is 2.17. The van der Waals surface area contributed by atoms with Crippen LogP contribution in [0.3, 0.4) is 0 Å². The molecule has 1 saturated heterocycles. The van der Waals surface area contributed by atoms with E-state index in [-0.39, 0.29) is 18.6 Å². The van der Waals surface area contributed by atoms with Crippen LogP contribution in [-0.4, -0.2) is 43.7 Å². The summed E-state index contributed by atoms with van der Waals surface area (Å²) in [5.74, 6) is 0.847. The van der Waals surface area contributed by atoms with Crippen molar-refractivity contribution in [3.05, 3.63) is 29.8 Å². The van der Waals surface area contributed by atoms with Crippen molar-refractivity contribution in [3.63, 3.8) is 0 Å². The highest BCUT2D eigenvalue weighted by molar-refractivity contribution is 5.78. The van der Waals surface area contributed by atoms with Crippen LogP contribution in [0.5, 0.6) is 5.75 Å². The van der Waals surface area contributed by atoms with Gasteiger partial charge in [0.05, 0.1) is 13.2 Å². The summed E-state index contributed by atoms with van der Waals surface area (Å²) in [6.45, 7) is 2.05. The van der Waals surface area contributed by atoms with Crippen LogP contribution >= 0.6 is 0 Å². The van der Waals surface area contributed by atoms with Crippen molar-refractivity contribution in [2.24, 2.45) is 5.73 Å². The number of nitrogens with two attached hydrogens (primary N) is 1. The largest absolute Gasteiger partial charge is 0.497 e. The molecule has 0 spiro atoms. The summed E-state index contributed by atoms with van der Waals surface area (Å²) in [4.78, 5) is 13.8. The number of carbonyl (C=O) groups excluding carboxylic acids is 1. The third kappa shape index (κ3) is 3.95. The van der Waals surface area contributed by atoms with Gasteiger partial charge in [0.1, 0.15) is 12.4 Å². The molecule has 110 valence electrons. The van der Waals surface area contributed by atoms with E-state index in [1.807, 2.05) is 29.2 Å². The summed E-state index contributed by atoms with van der Waals surface area (Å²) in [6.07, 6.45) is 1.92. The van der Waals surface area contributed by atoms with Gasteiger partial charge in [-0.25, -0.2) is 0 Å². The molecule has 20 heavy (non-hydrogen) atoms. The zero-order chi connectivity index (χ0) is 14.4. The summed E-state index contributed by atoms with van der Waals surface area (Å²) < 4.78 is 10.7. The van der Waals surface area contributed by atoms with E-state index in [0.29, 0.717) is 19.6 Å². The van der Waals surface area contributed by atoms with Gasteiger partial charge in [0.2, 0.25) is 5.91 Å². The summed E-state index contributed by atoms with van der Waals surface area (Å²) in [6, 6.07) is 7.79. The first-order chi connectivity index (χ1) is 9.72. The van der Waals surface area contributed by atoms with Gasteiger partial charge in [-0.05, 0) is 37.1 Å². The average molecular weight is 278 g/mol. The van der Waals surface area contributed by atoms with Crippen LogP contribution in [0, 0.1) is 0 Å². The number of hydrogen-bond donors (Lipinski definition) is 1. The SMILES string of the molecule is COc1cccc(CN2CC(CCCN)OCC2=O)c1. The van der Waals surface area contributed by atoms with Crippen molar-refractivity contribution >= 4 is 5.91 Å². The first-order valence-corrected chi connectivity index (χ1v) is 6.95. The molecule has 1 fully saturated rings. The Hall–Kier alpha value is -1.59. The maximum Gasteiger partial charge on any atom is 0.248 e. The molecule has 5 nitrogen and oxygen atoms in total. The third-order valence-electron chi connectivity index (χ3n) is 3.46. The topological polar surface area (TPSA) is 64.8 Å². The number of ether oxygens (including phenoxy) is 2. The summed E-state index contributed by atoms with van der Waals surface area (Å²) >= 11 is 0. The Morgan fingerprint density at radius 1 is 1.50 bits per heavy atom. The van der Waals surface area contributed by atoms with Gasteiger partial charge >= 0.3 is 0 Å². The molecule has 1 aliphatic heterocycles. The minimum absolute atomic E-state index is 0.0387. The summed E-state index contributed by atoms with van der Waals surface area (Å²) in [5, 5.41) is 0. The van der Waals surface area contributed by atoms with Crippen molar-refractivity contribution in [1.82, 2.24) is 4.90 Å². The monoisotopic (exact) mass is 278 g/mol. The number of benzene rings is 1. The van der Waals surface area contributed by atoms with E-state index >= 15 is 0 Å². The van der Waals surface area contributed by atoms with Crippen LogP contribution in [0.4, 0.5) is 0 Å². The van der Waals surface area contributed by atoms with E-state index in [2.05, 4.69) is 0 Å². The first-order valence-electron chi connectivity index (χ1n) is 6.95. The van der Waals surface area contributed by atoms with Gasteiger partial charge in [-0.2, -0.15) is 0 Å². The average Bonchev–Trinajstić information content (AvgIpc) is 2.48. The van der Waals surface area contributed by atoms with E-state index in [9.17, 15) is 4.79 Å². The molecular weight excluding hydrogens is 256 g/mol. The zero-order valence-electron chi connectivity index (χ0n) is 11.9. The summed E-state index contributed by atoms with van der Waals surface area (Å²) in [7, 11) is 1.64. The molecule has 0 aliphatic carbocycles. The summed E-state index contributed by atoms with van der Waals surface area (Å²) in [5.41, 5.74) is 6.58. The van der Waals surface area contributed by atoms with Gasteiger partial charge in [0.15, 0.2) is 0 Å². The molecule has 1 amide bonds. The van der Waals surface area contributed by atoms with Crippen molar-refractivity contribution in [2.45, 2.75) is 25.5 Å². The molecule has 0 radical (unpaired) electrons. The minimum Gasteiger partial charge on any atom is -0.497 e. The van der Waals surface area contributed by atoms with Crippen molar-refractivity contribution in [2.75, 3.05) is 26.8 Å². The molecule has 1 aromatic rings. The number of rotatable bonds is 6. The number of methoxy groups -OCH3 is 1. The normalized spacial score (nSPS) is 19.2. The maximum atomic E-state index is 11.9. The van der Waals surface area contributed by atoms with Gasteiger partial charge in [-0.3, -0.25) is 4.79 Å². The first kappa shape index (κ1) is 14.8. The van der Waals surface area contributed by atoms with Crippen molar-refractivity contribution in [3.8, 4) is 5.75 Å². The second-order valence-electron chi connectivity index (χ2n) is 4.99. The Morgan fingerprint density at radius 2 is 2.35 bits per heavy atom. The van der Waals surface area contributed by atoms with Gasteiger partial charge < -0.3 is 20.1 Å². The smallest absolute Gasteiger partial charge is 0.248 e. The molecule has 1 aromatic carbocycles. The Kier molecular flexibility index (Phi) is 5.38. The minimum atomic E-state index is 0.0387. The lowest BCUT2D eigenvalue weighted by Gasteiger charge is -2.33. The van der Waals surface area contributed by atoms with Crippen LogP contribution in [0.25, 0.3) is 0 Å². The number of nitrogens with zero attached hydrogens (tertiary/aromatic N) is 1. The molecular formula is C15H22N2O3. The van der Waals surface area contributed by atoms with Crippen LogP contribution in [0.2, 0.25) is 0 Å². The Bertz CT molecular complexity index is 450. The standard InChI is InChI=1S/C15H22N2O3/c1-19-13-5-2-4-12(8-13)9-17-10-14(6-3-7-16)20-11-15(17)18/h2,4-5,8,14H,3,6-7,9-11,16H2,1H3. The Morgan fingerprint density at radius 3 is 3.10 bits per heavy atom. The Balaban J connectivity index is 1.96. The van der Waals surface area contributed by atoms with Gasteiger partial charge in [0.25, 0.3) is 0 Å². The van der Waals surface area contributed by atoms with Crippen LogP contribution in [0.15, 0.2) is 24.3 Å². The highest BCUT2D eigenvalue weighted by atomic mass is 16.5. The number of hydrogen-bond acceptors (Lipinski definition) is 4. The molecule has 1 unspecified atom stereocenters. The highest BCUT2D eigenvalue weighted by Gasteiger charge is 2.25. The predicted octanol–water partition coefficient (Wildman–Crippen LogP) is 1.16. The fourth-order valence-electron chi connectivity index (χ4n) is 2.34. The van der Waals surface area contributed by atoms with Crippen LogP contribution < -0.4 is 10.5 Å². The molecule has 2 rings (SSSR count). The molecule has 0 saturated carbocycles. The van der Waals surface area contributed by atoms with Gasteiger partial charge in [0, 0.05) is 13.1 Å². The van der Waals surface area contributed by atoms with Crippen LogP contribution in [-0.2, 0) is 16.1 Å². The van der Waals surface area contributed by atoms with Gasteiger partial charge in [-0.1, -0.05) is 12.1 Å². The van der Waals surface area contributed by atoms with E-state index in [1.54, 1.807) is 7.11 Å². The fourth-order valence-corrected chi connectivity index (χ4v) is 2.34. The van der Waals surface area contributed by atoms with Crippen molar-refractivity contribution < 1.29 is 14.3 Å². The molecule has 0 bridgehead atoms. The predicted molar refractivity (Wildman–Crippen MR) is 76.4 cm³/mol. The molecule has 2 N–H and O–H groups in total. The number of morpholine rings is 1. The number of carbonyl (C=O) groups is 1. The lowest BCUT2D eigenvalue weighted by molar-refractivity contribution is -0.150. The fraction of sp³-hybridized carbons (Fsp3) is 0.533. The second kappa shape index (κ2) is 7.26. The van der Waals surface area contributed by atoms with E-state index in [4.69, 9.17) is 15.2 Å². The Labute approximate surface area is 119 Å². The maximum absolute atomic E-state index is 11.9. The molecule has 5 heteroatoms. The van der Waals surface area contributed by atoms with Gasteiger partial charge in [-0.15, -0.1) is 0 Å². The second-order valence-corrected chi connectivity index (χ2v) is 4.99. The quantitative estimate of drug-likeness (QED) is 0.848. The molecule has 1 atom stereocenters. The van der Waals surface area contributed by atoms with E-state index < -0.39 is 0 Å². The van der Waals surface area contributed by atoms with E-state index in [1.165, 1.54) is 0 Å². The lowest BCUT2D eigenvalue weighted by atomic mass is 10.1. The number of amides is 1. The third-order valence-corrected chi connectivity index (χ3v) is 3.46. The lowest BCUT2D eigenvalue weighted by Crippen LogP contribution is -2.46. The molecule has 1 heterocycles. The van der Waals surface area contributed by atoms with E-state index in [0.717, 1.165) is 24.2 Å². The molecule has 1 aliphatic rings. The molecule has 0 aromatic heterocycles. The van der Waals surface area contributed by atoms with Crippen molar-refractivity contribution in [1.29, 1.82) is 0 Å². The van der Waals surface area contributed by atoms with Crippen LogP contribution in [0.1, 0.15) is 18.4 Å². The zero-order valence-corrected chi connectivity index (χ0v) is 11.9.